The Morgan fingerprint density at radius 1 is 1.43 bits per heavy atom. The van der Waals surface area contributed by atoms with E-state index in [1.54, 1.807) is 0 Å². The van der Waals surface area contributed by atoms with Crippen LogP contribution in [0.5, 0.6) is 5.75 Å². The fraction of sp³-hybridized carbons (Fsp3) is 0.357. The number of carboxylic acids is 1. The number of carbonyl (C=O) groups is 1. The molecule has 1 aliphatic rings. The molecule has 0 bridgehead atoms. The van der Waals surface area contributed by atoms with E-state index in [2.05, 4.69) is 0 Å². The molecule has 0 amide bonds. The molecule has 1 fully saturated rings. The Kier molecular flexibility index (Phi) is 4.52. The fourth-order valence-electron chi connectivity index (χ4n) is 1.93. The summed E-state index contributed by atoms with van der Waals surface area (Å²) < 4.78 is 49.5. The second-order valence-corrected chi connectivity index (χ2v) is 4.53. The maximum Gasteiger partial charge on any atom is 0.419 e. The molecule has 0 saturated carbocycles. The molecule has 1 N–H and O–H groups in total. The van der Waals surface area contributed by atoms with Gasteiger partial charge in [-0.3, -0.25) is 0 Å². The van der Waals surface area contributed by atoms with Crippen molar-refractivity contribution in [1.29, 1.82) is 0 Å². The number of benzene rings is 1. The van der Waals surface area contributed by atoms with E-state index in [1.807, 2.05) is 0 Å². The second kappa shape index (κ2) is 6.17. The Morgan fingerprint density at radius 2 is 2.19 bits per heavy atom. The average Bonchev–Trinajstić information content (AvgIpc) is 2.89. The molecule has 1 saturated heterocycles. The Labute approximate surface area is 118 Å². The molecule has 4 nitrogen and oxygen atoms in total. The van der Waals surface area contributed by atoms with Crippen molar-refractivity contribution in [3.63, 3.8) is 0 Å². The first-order chi connectivity index (χ1) is 9.86. The minimum absolute atomic E-state index is 0.139. The van der Waals surface area contributed by atoms with Gasteiger partial charge in [0.25, 0.3) is 0 Å². The van der Waals surface area contributed by atoms with Gasteiger partial charge in [0.1, 0.15) is 11.9 Å². The van der Waals surface area contributed by atoms with Crippen LogP contribution in [0, 0.1) is 0 Å². The first kappa shape index (κ1) is 15.4. The Hall–Kier alpha value is -2.02. The summed E-state index contributed by atoms with van der Waals surface area (Å²) in [6.07, 6.45) is -2.56. The van der Waals surface area contributed by atoms with Crippen LogP contribution in [0.25, 0.3) is 6.08 Å². The largest absolute Gasteiger partial charge is 0.487 e. The lowest BCUT2D eigenvalue weighted by molar-refractivity contribution is -0.139. The van der Waals surface area contributed by atoms with E-state index in [1.165, 1.54) is 12.1 Å². The lowest BCUT2D eigenvalue weighted by atomic mass is 10.1. The van der Waals surface area contributed by atoms with E-state index >= 15 is 0 Å². The summed E-state index contributed by atoms with van der Waals surface area (Å²) in [5, 5.41) is 8.50. The number of rotatable bonds is 4. The molecule has 1 unspecified atom stereocenters. The van der Waals surface area contributed by atoms with E-state index in [0.29, 0.717) is 13.0 Å². The molecule has 114 valence electrons. The van der Waals surface area contributed by atoms with Crippen molar-refractivity contribution in [2.45, 2.75) is 18.7 Å². The standard InChI is InChI=1S/C14H13F3O4/c15-14(16,17)11-7-9(2-4-13(18)19)1-3-12(11)21-10-5-6-20-8-10/h1-4,7,10H,5-6,8H2,(H,18,19). The predicted octanol–water partition coefficient (Wildman–Crippen LogP) is 2.97. The SMILES string of the molecule is O=C(O)C=Cc1ccc(OC2CCOC2)c(C(F)(F)F)c1. The van der Waals surface area contributed by atoms with Crippen LogP contribution < -0.4 is 4.74 Å². The van der Waals surface area contributed by atoms with Crippen LogP contribution in [0.1, 0.15) is 17.5 Å². The number of halogens is 3. The van der Waals surface area contributed by atoms with E-state index in [0.717, 1.165) is 18.2 Å². The molecular weight excluding hydrogens is 289 g/mol. The molecule has 2 rings (SSSR count). The maximum atomic E-state index is 13.0. The van der Waals surface area contributed by atoms with Gasteiger partial charge < -0.3 is 14.6 Å². The number of ether oxygens (including phenoxy) is 2. The summed E-state index contributed by atoms with van der Waals surface area (Å²) in [6.45, 7) is 0.726. The van der Waals surface area contributed by atoms with Gasteiger partial charge in [0.05, 0.1) is 18.8 Å². The van der Waals surface area contributed by atoms with Gasteiger partial charge in [-0.25, -0.2) is 4.79 Å². The third-order valence-corrected chi connectivity index (χ3v) is 2.91. The molecule has 1 heterocycles. The lowest BCUT2D eigenvalue weighted by Gasteiger charge is -2.17. The van der Waals surface area contributed by atoms with Gasteiger partial charge in [-0.2, -0.15) is 13.2 Å². The van der Waals surface area contributed by atoms with Crippen molar-refractivity contribution in [1.82, 2.24) is 0 Å². The van der Waals surface area contributed by atoms with Gasteiger partial charge >= 0.3 is 12.1 Å². The molecule has 1 atom stereocenters. The zero-order chi connectivity index (χ0) is 15.5. The molecule has 1 aromatic carbocycles. The average molecular weight is 302 g/mol. The molecule has 0 aromatic heterocycles. The van der Waals surface area contributed by atoms with Crippen LogP contribution in [0.3, 0.4) is 0 Å². The van der Waals surface area contributed by atoms with Crippen LogP contribution in [0.15, 0.2) is 24.3 Å². The summed E-state index contributed by atoms with van der Waals surface area (Å²) in [5.41, 5.74) is -0.790. The molecule has 21 heavy (non-hydrogen) atoms. The van der Waals surface area contributed by atoms with E-state index in [4.69, 9.17) is 14.6 Å². The lowest BCUT2D eigenvalue weighted by Crippen LogP contribution is -2.18. The van der Waals surface area contributed by atoms with Crippen LogP contribution in [0.4, 0.5) is 13.2 Å². The van der Waals surface area contributed by atoms with Gasteiger partial charge in [0.2, 0.25) is 0 Å². The third kappa shape index (κ3) is 4.22. The smallest absolute Gasteiger partial charge is 0.419 e. The molecule has 0 aliphatic carbocycles. The van der Waals surface area contributed by atoms with Crippen molar-refractivity contribution in [3.8, 4) is 5.75 Å². The molecule has 1 aliphatic heterocycles. The second-order valence-electron chi connectivity index (χ2n) is 4.53. The highest BCUT2D eigenvalue weighted by atomic mass is 19.4. The first-order valence-electron chi connectivity index (χ1n) is 6.23. The van der Waals surface area contributed by atoms with Gasteiger partial charge in [0.15, 0.2) is 0 Å². The first-order valence-corrected chi connectivity index (χ1v) is 6.23. The van der Waals surface area contributed by atoms with Gasteiger partial charge in [-0.15, -0.1) is 0 Å². The number of hydrogen-bond donors (Lipinski definition) is 1. The van der Waals surface area contributed by atoms with Crippen molar-refractivity contribution < 1.29 is 32.5 Å². The fourth-order valence-corrected chi connectivity index (χ4v) is 1.93. The topological polar surface area (TPSA) is 55.8 Å². The highest BCUT2D eigenvalue weighted by molar-refractivity contribution is 5.85. The highest BCUT2D eigenvalue weighted by Crippen LogP contribution is 2.37. The number of alkyl halides is 3. The normalized spacial score (nSPS) is 19.1. The Morgan fingerprint density at radius 3 is 2.76 bits per heavy atom. The van der Waals surface area contributed by atoms with Crippen LogP contribution in [-0.4, -0.2) is 30.4 Å². The van der Waals surface area contributed by atoms with Crippen molar-refractivity contribution in [3.05, 3.63) is 35.4 Å². The number of aliphatic carboxylic acids is 1. The summed E-state index contributed by atoms with van der Waals surface area (Å²) in [7, 11) is 0. The number of hydrogen-bond acceptors (Lipinski definition) is 3. The summed E-state index contributed by atoms with van der Waals surface area (Å²) in [4.78, 5) is 10.4. The van der Waals surface area contributed by atoms with Gasteiger partial charge in [0, 0.05) is 12.5 Å². The third-order valence-electron chi connectivity index (χ3n) is 2.91. The summed E-state index contributed by atoms with van der Waals surface area (Å²) >= 11 is 0. The highest BCUT2D eigenvalue weighted by Gasteiger charge is 2.35. The Balaban J connectivity index is 2.29. The minimum atomic E-state index is -4.58. The van der Waals surface area contributed by atoms with Crippen LogP contribution >= 0.6 is 0 Å². The Bertz CT molecular complexity index is 546. The van der Waals surface area contributed by atoms with Crippen LogP contribution in [-0.2, 0) is 15.7 Å². The minimum Gasteiger partial charge on any atom is -0.487 e. The van der Waals surface area contributed by atoms with E-state index < -0.39 is 23.8 Å². The summed E-state index contributed by atoms with van der Waals surface area (Å²) in [5.74, 6) is -1.50. The molecule has 0 spiro atoms. The maximum absolute atomic E-state index is 13.0. The predicted molar refractivity (Wildman–Crippen MR) is 68.0 cm³/mol. The zero-order valence-electron chi connectivity index (χ0n) is 10.9. The number of carboxylic acid groups (broad SMARTS) is 1. The van der Waals surface area contributed by atoms with Crippen LogP contribution in [0.2, 0.25) is 0 Å². The van der Waals surface area contributed by atoms with Crippen molar-refractivity contribution >= 4 is 12.0 Å². The molecule has 1 aromatic rings. The van der Waals surface area contributed by atoms with Gasteiger partial charge in [-0.05, 0) is 23.8 Å². The molecular formula is C14H13F3O4. The van der Waals surface area contributed by atoms with Gasteiger partial charge in [-0.1, -0.05) is 6.07 Å². The summed E-state index contributed by atoms with van der Waals surface area (Å²) in [6, 6.07) is 3.44. The zero-order valence-corrected chi connectivity index (χ0v) is 10.9. The monoisotopic (exact) mass is 302 g/mol. The van der Waals surface area contributed by atoms with Crippen molar-refractivity contribution in [2.24, 2.45) is 0 Å². The van der Waals surface area contributed by atoms with Crippen molar-refractivity contribution in [2.75, 3.05) is 13.2 Å². The molecule has 0 radical (unpaired) electrons. The van der Waals surface area contributed by atoms with E-state index in [9.17, 15) is 18.0 Å². The molecule has 7 heteroatoms. The quantitative estimate of drug-likeness (QED) is 0.869. The van der Waals surface area contributed by atoms with E-state index in [-0.39, 0.29) is 17.9 Å².